The molecule has 0 radical (unpaired) electrons. The van der Waals surface area contributed by atoms with Crippen LogP contribution in [0, 0.1) is 0 Å². The first-order valence-electron chi connectivity index (χ1n) is 7.19. The molecule has 0 heterocycles. The summed E-state index contributed by atoms with van der Waals surface area (Å²) in [7, 11) is -8.58. The van der Waals surface area contributed by atoms with Gasteiger partial charge in [-0.2, -0.15) is 0 Å². The third-order valence-electron chi connectivity index (χ3n) is 2.32. The van der Waals surface area contributed by atoms with Crippen LogP contribution >= 0.6 is 0 Å². The van der Waals surface area contributed by atoms with Gasteiger partial charge in [-0.3, -0.25) is 0 Å². The van der Waals surface area contributed by atoms with Crippen molar-refractivity contribution in [1.82, 2.24) is 0 Å². The van der Waals surface area contributed by atoms with Gasteiger partial charge in [-0.15, -0.1) is 0 Å². The van der Waals surface area contributed by atoms with Crippen molar-refractivity contribution >= 4 is 49.7 Å². The van der Waals surface area contributed by atoms with Crippen molar-refractivity contribution < 1.29 is 44.0 Å². The number of halogens is 8. The van der Waals surface area contributed by atoms with Gasteiger partial charge in [0.25, 0.3) is 0 Å². The van der Waals surface area contributed by atoms with Crippen molar-refractivity contribution in [3.8, 4) is 11.5 Å². The average Bonchev–Trinajstić information content (AvgIpc) is 2.57. The maximum absolute atomic E-state index is 9.75. The van der Waals surface area contributed by atoms with Gasteiger partial charge >= 0.3 is 133 Å². The fraction of sp³-hybridized carbons (Fsp3) is 0.143. The van der Waals surface area contributed by atoms with Crippen LogP contribution in [0.4, 0.5) is 34.5 Å². The Morgan fingerprint density at radius 3 is 1.14 bits per heavy atom. The number of ether oxygens (including phenoxy) is 2. The van der Waals surface area contributed by atoms with E-state index in [-0.39, 0.29) is 0 Å². The van der Waals surface area contributed by atoms with Crippen LogP contribution < -0.4 is 18.4 Å². The molecule has 0 bridgehead atoms. The first-order chi connectivity index (χ1) is 12.8. The summed E-state index contributed by atoms with van der Waals surface area (Å²) in [6, 6.07) is 16.7. The summed E-state index contributed by atoms with van der Waals surface area (Å²) in [6.45, 7) is 0. The molecule has 0 unspecified atom stereocenters. The van der Waals surface area contributed by atoms with Crippen LogP contribution in [0.5, 0.6) is 11.5 Å². The Morgan fingerprint density at radius 2 is 0.893 bits per heavy atom. The van der Waals surface area contributed by atoms with Gasteiger partial charge in [0, 0.05) is 0 Å². The van der Waals surface area contributed by atoms with E-state index in [1.54, 1.807) is 14.2 Å². The van der Waals surface area contributed by atoms with Crippen molar-refractivity contribution in [1.29, 1.82) is 0 Å². The van der Waals surface area contributed by atoms with Crippen LogP contribution in [-0.4, -0.2) is 55.0 Å². The Bertz CT molecular complexity index is 630. The van der Waals surface area contributed by atoms with Crippen LogP contribution in [-0.2, 0) is 0 Å². The molecular formula is C14H14B2F8O2Se2-2. The number of rotatable bonds is 5. The van der Waals surface area contributed by atoms with Gasteiger partial charge in [0.15, 0.2) is 0 Å². The summed E-state index contributed by atoms with van der Waals surface area (Å²) in [5.41, 5.74) is 0. The van der Waals surface area contributed by atoms with Gasteiger partial charge < -0.3 is 34.5 Å². The monoisotopic (exact) mass is 548 g/mol. The SMILES string of the molecule is COc1cccc([Se][Se]c2cccc(OC)c2)c1.F[B-](F)(F)F.F[B-](F)(F)F. The van der Waals surface area contributed by atoms with Gasteiger partial charge in [-0.1, -0.05) is 0 Å². The van der Waals surface area contributed by atoms with E-state index >= 15 is 0 Å². The fourth-order valence-corrected chi connectivity index (χ4v) is 7.42. The molecule has 2 aromatic rings. The number of methoxy groups -OCH3 is 2. The van der Waals surface area contributed by atoms with Crippen molar-refractivity contribution in [3.63, 3.8) is 0 Å². The van der Waals surface area contributed by atoms with E-state index in [4.69, 9.17) is 9.47 Å². The smallest absolute Gasteiger partial charge is 0.418 e. The topological polar surface area (TPSA) is 18.5 Å². The first-order valence-corrected chi connectivity index (χ1v) is 13.2. The van der Waals surface area contributed by atoms with Crippen LogP contribution in [0.2, 0.25) is 0 Å². The first kappa shape index (κ1) is 26.6. The second kappa shape index (κ2) is 13.0. The normalized spacial score (nSPS) is 10.8. The molecular weight excluding hydrogens is 532 g/mol. The average molecular weight is 546 g/mol. The number of hydrogen-bond acceptors (Lipinski definition) is 2. The van der Waals surface area contributed by atoms with Crippen molar-refractivity contribution in [2.45, 2.75) is 0 Å². The molecule has 0 spiro atoms. The van der Waals surface area contributed by atoms with E-state index in [0.717, 1.165) is 11.5 Å². The van der Waals surface area contributed by atoms with Crippen molar-refractivity contribution in [2.75, 3.05) is 14.2 Å². The summed E-state index contributed by atoms with van der Waals surface area (Å²) >= 11 is 0.960. The molecule has 2 aromatic carbocycles. The minimum absolute atomic E-state index is 0.480. The largest absolute Gasteiger partial charge is 0.673 e. The van der Waals surface area contributed by atoms with Crippen LogP contribution in [0.3, 0.4) is 0 Å². The van der Waals surface area contributed by atoms with Gasteiger partial charge in [0.2, 0.25) is 0 Å². The van der Waals surface area contributed by atoms with Crippen LogP contribution in [0.15, 0.2) is 48.5 Å². The molecule has 2 rings (SSSR count). The minimum Gasteiger partial charge on any atom is -0.418 e. The van der Waals surface area contributed by atoms with Crippen molar-refractivity contribution in [3.05, 3.63) is 48.5 Å². The van der Waals surface area contributed by atoms with E-state index in [1.165, 1.54) is 8.92 Å². The molecule has 0 aliphatic heterocycles. The molecule has 0 N–H and O–H groups in total. The van der Waals surface area contributed by atoms with Crippen LogP contribution in [0.1, 0.15) is 0 Å². The summed E-state index contributed by atoms with van der Waals surface area (Å²) in [4.78, 5) is 0. The summed E-state index contributed by atoms with van der Waals surface area (Å²) in [5, 5.41) is 0. The summed E-state index contributed by atoms with van der Waals surface area (Å²) in [6.07, 6.45) is 0. The molecule has 0 saturated carbocycles. The molecule has 2 nitrogen and oxygen atoms in total. The van der Waals surface area contributed by atoms with E-state index in [2.05, 4.69) is 36.4 Å². The minimum atomic E-state index is -6.00. The third-order valence-corrected chi connectivity index (χ3v) is 9.47. The Morgan fingerprint density at radius 1 is 0.607 bits per heavy atom. The molecule has 0 saturated heterocycles. The Balaban J connectivity index is 0.000000607. The predicted octanol–water partition coefficient (Wildman–Crippen LogP) is 3.58. The Hall–Kier alpha value is -1.35. The molecule has 0 amide bonds. The Kier molecular flexibility index (Phi) is 12.4. The summed E-state index contributed by atoms with van der Waals surface area (Å²) < 4.78 is 91.2. The quantitative estimate of drug-likeness (QED) is 0.423. The zero-order chi connectivity index (χ0) is 21.8. The number of benzene rings is 2. The van der Waals surface area contributed by atoms with Crippen LogP contribution in [0.25, 0.3) is 0 Å². The van der Waals surface area contributed by atoms with E-state index in [1.807, 2.05) is 12.1 Å². The van der Waals surface area contributed by atoms with Gasteiger partial charge in [0.1, 0.15) is 0 Å². The maximum Gasteiger partial charge on any atom is 0.673 e. The van der Waals surface area contributed by atoms with E-state index in [0.29, 0.717) is 26.3 Å². The number of hydrogen-bond donors (Lipinski definition) is 0. The van der Waals surface area contributed by atoms with Gasteiger partial charge in [0.05, 0.1) is 0 Å². The molecule has 28 heavy (non-hydrogen) atoms. The molecule has 0 aliphatic rings. The van der Waals surface area contributed by atoms with Gasteiger partial charge in [-0.05, 0) is 0 Å². The third kappa shape index (κ3) is 18.0. The zero-order valence-corrected chi connectivity index (χ0v) is 17.9. The second-order valence-corrected chi connectivity index (χ2v) is 10.8. The van der Waals surface area contributed by atoms with E-state index in [9.17, 15) is 34.5 Å². The van der Waals surface area contributed by atoms with E-state index < -0.39 is 14.5 Å². The molecule has 0 aliphatic carbocycles. The van der Waals surface area contributed by atoms with Gasteiger partial charge in [-0.25, -0.2) is 0 Å². The summed E-state index contributed by atoms with van der Waals surface area (Å²) in [5.74, 6) is 1.88. The molecule has 158 valence electrons. The van der Waals surface area contributed by atoms with Crippen molar-refractivity contribution in [2.24, 2.45) is 0 Å². The molecule has 0 atom stereocenters. The zero-order valence-electron chi connectivity index (χ0n) is 14.4. The molecule has 0 fully saturated rings. The predicted molar refractivity (Wildman–Crippen MR) is 97.1 cm³/mol. The molecule has 14 heteroatoms. The fourth-order valence-electron chi connectivity index (χ4n) is 1.40. The Labute approximate surface area is 168 Å². The maximum atomic E-state index is 9.75. The molecule has 0 aromatic heterocycles. The standard InChI is InChI=1S/C14H14O2Se2.2BF4/c1-15-11-5-3-7-13(9-11)17-18-14-8-4-6-12(10-14)16-2;2*2-1(3,4)5/h3-10H,1-2H3;;/q;2*-1. The second-order valence-electron chi connectivity index (χ2n) is 4.51.